The van der Waals surface area contributed by atoms with Crippen LogP contribution < -0.4 is 10.6 Å². The van der Waals surface area contributed by atoms with E-state index < -0.39 is 10.0 Å². The fourth-order valence-corrected chi connectivity index (χ4v) is 3.70. The Kier molecular flexibility index (Phi) is 4.42. The fourth-order valence-electron chi connectivity index (χ4n) is 2.56. The van der Waals surface area contributed by atoms with Crippen LogP contribution in [0.2, 0.25) is 0 Å². The van der Waals surface area contributed by atoms with E-state index in [0.29, 0.717) is 18.1 Å². The number of nitrogens with one attached hydrogen (secondary N) is 2. The summed E-state index contributed by atoms with van der Waals surface area (Å²) in [5.41, 5.74) is 1.67. The number of hydrogen-bond donors (Lipinski definition) is 2. The van der Waals surface area contributed by atoms with Gasteiger partial charge in [-0.2, -0.15) is 13.5 Å². The molecule has 8 heteroatoms. The average molecular weight is 347 g/mol. The van der Waals surface area contributed by atoms with Crippen LogP contribution in [0.5, 0.6) is 0 Å². The summed E-state index contributed by atoms with van der Waals surface area (Å²) in [6.07, 6.45) is 3.80. The van der Waals surface area contributed by atoms with Crippen LogP contribution in [0.1, 0.15) is 25.5 Å². The van der Waals surface area contributed by atoms with Crippen molar-refractivity contribution in [1.29, 1.82) is 0 Å². The zero-order valence-corrected chi connectivity index (χ0v) is 14.7. The number of benzene rings is 1. The van der Waals surface area contributed by atoms with Gasteiger partial charge in [0.05, 0.1) is 24.5 Å². The molecule has 1 aromatic carbocycles. The van der Waals surface area contributed by atoms with E-state index >= 15 is 0 Å². The maximum atomic E-state index is 12.2. The summed E-state index contributed by atoms with van der Waals surface area (Å²) in [6, 6.07) is 6.99. The molecule has 1 aliphatic heterocycles. The van der Waals surface area contributed by atoms with Crippen LogP contribution in [0, 0.1) is 6.92 Å². The number of para-hydroxylation sites is 1. The molecule has 2 atom stereocenters. The minimum Gasteiger partial charge on any atom is -0.341 e. The maximum absolute atomic E-state index is 12.2. The molecule has 0 spiro atoms. The summed E-state index contributed by atoms with van der Waals surface area (Å²) in [5.74, 6) is 0.393. The summed E-state index contributed by atoms with van der Waals surface area (Å²) < 4.78 is 30.2. The zero-order chi connectivity index (χ0) is 17.3. The highest BCUT2D eigenvalue weighted by molar-refractivity contribution is 7.90. The Hall–Kier alpha value is -2.19. The Morgan fingerprint density at radius 3 is 2.75 bits per heavy atom. The normalized spacial score (nSPS) is 18.2. The number of amidine groups is 1. The highest BCUT2D eigenvalue weighted by Crippen LogP contribution is 2.26. The van der Waals surface area contributed by atoms with E-state index in [1.54, 1.807) is 24.3 Å². The van der Waals surface area contributed by atoms with Gasteiger partial charge in [0.1, 0.15) is 10.7 Å². The largest absolute Gasteiger partial charge is 0.341 e. The molecule has 0 saturated heterocycles. The van der Waals surface area contributed by atoms with Gasteiger partial charge in [-0.25, -0.2) is 0 Å². The highest BCUT2D eigenvalue weighted by Gasteiger charge is 2.24. The standard InChI is InChI=1S/C16H21N5O2S/c1-11-8-18-21(10-11)13(3)12(2)17-9-16-19-14-6-4-5-7-15(14)24(22,23)20-16/h4-8,10,12-13,17H,9H2,1-3H3,(H,19,20)/t12-,13-/m0/s1. The molecule has 0 fully saturated rings. The summed E-state index contributed by atoms with van der Waals surface area (Å²) in [7, 11) is -3.64. The first-order valence-corrected chi connectivity index (χ1v) is 9.25. The lowest BCUT2D eigenvalue weighted by Gasteiger charge is -2.24. The SMILES string of the molecule is Cc1cnn([C@@H](C)[C@H](C)NCC2=NS(=O)(=O)c3ccccc3N2)c1. The second-order valence-electron chi connectivity index (χ2n) is 6.04. The van der Waals surface area contributed by atoms with E-state index in [9.17, 15) is 8.42 Å². The van der Waals surface area contributed by atoms with E-state index in [-0.39, 0.29) is 17.0 Å². The molecule has 1 aliphatic rings. The molecule has 2 N–H and O–H groups in total. The van der Waals surface area contributed by atoms with Gasteiger partial charge in [-0.1, -0.05) is 12.1 Å². The van der Waals surface area contributed by atoms with Gasteiger partial charge < -0.3 is 10.6 Å². The van der Waals surface area contributed by atoms with Crippen LogP contribution >= 0.6 is 0 Å². The van der Waals surface area contributed by atoms with E-state index in [2.05, 4.69) is 27.1 Å². The van der Waals surface area contributed by atoms with Crippen molar-refractivity contribution in [3.8, 4) is 0 Å². The first-order valence-electron chi connectivity index (χ1n) is 7.81. The number of aryl methyl sites for hydroxylation is 1. The van der Waals surface area contributed by atoms with E-state index in [4.69, 9.17) is 0 Å². The smallest absolute Gasteiger partial charge is 0.286 e. The summed E-state index contributed by atoms with van der Waals surface area (Å²) >= 11 is 0. The predicted molar refractivity (Wildman–Crippen MR) is 93.8 cm³/mol. The maximum Gasteiger partial charge on any atom is 0.286 e. The Labute approximate surface area is 141 Å². The summed E-state index contributed by atoms with van der Waals surface area (Å²) in [4.78, 5) is 0.210. The first kappa shape index (κ1) is 16.7. The highest BCUT2D eigenvalue weighted by atomic mass is 32.2. The molecule has 1 aromatic heterocycles. The molecule has 128 valence electrons. The van der Waals surface area contributed by atoms with Crippen molar-refractivity contribution < 1.29 is 8.42 Å². The molecule has 0 radical (unpaired) electrons. The van der Waals surface area contributed by atoms with E-state index in [1.165, 1.54) is 0 Å². The van der Waals surface area contributed by atoms with Crippen molar-refractivity contribution in [2.75, 3.05) is 11.9 Å². The molecule has 0 unspecified atom stereocenters. The lowest BCUT2D eigenvalue weighted by molar-refractivity contribution is 0.378. The minimum atomic E-state index is -3.64. The molecule has 2 heterocycles. The van der Waals surface area contributed by atoms with Gasteiger partial charge in [0.15, 0.2) is 0 Å². The molecule has 0 amide bonds. The molecule has 2 aromatic rings. The van der Waals surface area contributed by atoms with Gasteiger partial charge in [0.2, 0.25) is 0 Å². The third-order valence-corrected chi connectivity index (χ3v) is 5.51. The monoisotopic (exact) mass is 347 g/mol. The number of nitrogens with zero attached hydrogens (tertiary/aromatic N) is 3. The van der Waals surface area contributed by atoms with Gasteiger partial charge in [0.25, 0.3) is 10.0 Å². The van der Waals surface area contributed by atoms with Crippen LogP contribution in [0.4, 0.5) is 5.69 Å². The van der Waals surface area contributed by atoms with Crippen LogP contribution in [-0.2, 0) is 10.0 Å². The first-order chi connectivity index (χ1) is 11.4. The molecule has 0 bridgehead atoms. The van der Waals surface area contributed by atoms with E-state index in [1.807, 2.05) is 30.9 Å². The number of aromatic nitrogens is 2. The lowest BCUT2D eigenvalue weighted by Crippen LogP contribution is -2.40. The van der Waals surface area contributed by atoms with Gasteiger partial charge in [-0.05, 0) is 38.5 Å². The third-order valence-electron chi connectivity index (χ3n) is 4.14. The molecular formula is C16H21N5O2S. The lowest BCUT2D eigenvalue weighted by atomic mass is 10.1. The van der Waals surface area contributed by atoms with Crippen molar-refractivity contribution >= 4 is 21.5 Å². The van der Waals surface area contributed by atoms with Gasteiger partial charge in [-0.15, -0.1) is 4.40 Å². The van der Waals surface area contributed by atoms with Crippen LogP contribution in [0.15, 0.2) is 46.0 Å². The Balaban J connectivity index is 1.68. The number of sulfonamides is 1. The Bertz CT molecular complexity index is 872. The van der Waals surface area contributed by atoms with Crippen molar-refractivity contribution in [1.82, 2.24) is 15.1 Å². The van der Waals surface area contributed by atoms with Gasteiger partial charge in [0, 0.05) is 12.2 Å². The van der Waals surface area contributed by atoms with Crippen LogP contribution in [0.25, 0.3) is 0 Å². The molecule has 7 nitrogen and oxygen atoms in total. The molecule has 0 aliphatic carbocycles. The van der Waals surface area contributed by atoms with Crippen LogP contribution in [0.3, 0.4) is 0 Å². The Morgan fingerprint density at radius 1 is 1.29 bits per heavy atom. The average Bonchev–Trinajstić information content (AvgIpc) is 2.98. The van der Waals surface area contributed by atoms with Crippen molar-refractivity contribution in [2.45, 2.75) is 37.8 Å². The number of rotatable bonds is 5. The van der Waals surface area contributed by atoms with Gasteiger partial charge >= 0.3 is 0 Å². The third kappa shape index (κ3) is 3.34. The number of hydrogen-bond acceptors (Lipinski definition) is 5. The molecule has 24 heavy (non-hydrogen) atoms. The number of anilines is 1. The topological polar surface area (TPSA) is 88.4 Å². The zero-order valence-electron chi connectivity index (χ0n) is 13.9. The van der Waals surface area contributed by atoms with Gasteiger partial charge in [-0.3, -0.25) is 4.68 Å². The molecule has 3 rings (SSSR count). The second-order valence-corrected chi connectivity index (χ2v) is 7.61. The second kappa shape index (κ2) is 6.37. The molecular weight excluding hydrogens is 326 g/mol. The molecule has 0 saturated carbocycles. The Morgan fingerprint density at radius 2 is 2.04 bits per heavy atom. The van der Waals surface area contributed by atoms with Crippen molar-refractivity contribution in [3.05, 3.63) is 42.2 Å². The predicted octanol–water partition coefficient (Wildman–Crippen LogP) is 1.94. The van der Waals surface area contributed by atoms with Crippen molar-refractivity contribution in [3.63, 3.8) is 0 Å². The van der Waals surface area contributed by atoms with Crippen molar-refractivity contribution in [2.24, 2.45) is 4.40 Å². The fraction of sp³-hybridized carbons (Fsp3) is 0.375. The van der Waals surface area contributed by atoms with E-state index in [0.717, 1.165) is 5.56 Å². The summed E-state index contributed by atoms with van der Waals surface area (Å²) in [6.45, 7) is 6.43. The van der Waals surface area contributed by atoms with Crippen LogP contribution in [-0.4, -0.2) is 36.6 Å². The number of fused-ring (bicyclic) bond motifs is 1. The quantitative estimate of drug-likeness (QED) is 0.863. The minimum absolute atomic E-state index is 0.0914. The summed E-state index contributed by atoms with van der Waals surface area (Å²) in [5, 5.41) is 10.7.